The minimum atomic E-state index is -0.460. The first kappa shape index (κ1) is 19.1. The lowest BCUT2D eigenvalue weighted by molar-refractivity contribution is -0.131. The molecule has 1 N–H and O–H groups in total. The van der Waals surface area contributed by atoms with Gasteiger partial charge in [-0.1, -0.05) is 42.5 Å². The zero-order valence-corrected chi connectivity index (χ0v) is 16.1. The number of nitrogens with one attached hydrogen (secondary N) is 1. The average molecular weight is 394 g/mol. The number of carbonyl (C=O) groups is 1. The van der Waals surface area contributed by atoms with Gasteiger partial charge in [0.15, 0.2) is 0 Å². The number of likely N-dealkylation sites (tertiary alicyclic amines) is 1. The SMILES string of the molecule is O=C(Cc1ccccc1)N1CCC(Cc2n[nH]c(=O)n2-c2ccccc2F)CC1. The maximum absolute atomic E-state index is 14.2. The number of benzene rings is 2. The van der Waals surface area contributed by atoms with Crippen LogP contribution in [0.5, 0.6) is 0 Å². The molecule has 3 aromatic rings. The van der Waals surface area contributed by atoms with Crippen molar-refractivity contribution in [2.24, 2.45) is 5.92 Å². The van der Waals surface area contributed by atoms with Gasteiger partial charge in [0, 0.05) is 19.5 Å². The number of aromatic amines is 1. The van der Waals surface area contributed by atoms with E-state index in [0.29, 0.717) is 31.8 Å². The fourth-order valence-corrected chi connectivity index (χ4v) is 3.87. The van der Waals surface area contributed by atoms with Crippen LogP contribution in [-0.2, 0) is 17.6 Å². The molecule has 29 heavy (non-hydrogen) atoms. The summed E-state index contributed by atoms with van der Waals surface area (Å²) in [6.45, 7) is 1.37. The van der Waals surface area contributed by atoms with Crippen molar-refractivity contribution in [1.29, 1.82) is 0 Å². The van der Waals surface area contributed by atoms with Gasteiger partial charge in [0.2, 0.25) is 5.91 Å². The van der Waals surface area contributed by atoms with Crippen LogP contribution in [0.15, 0.2) is 59.4 Å². The van der Waals surface area contributed by atoms with Crippen molar-refractivity contribution in [2.45, 2.75) is 25.7 Å². The number of H-pyrrole nitrogens is 1. The van der Waals surface area contributed by atoms with Gasteiger partial charge in [-0.25, -0.2) is 18.9 Å². The predicted molar refractivity (Wildman–Crippen MR) is 107 cm³/mol. The van der Waals surface area contributed by atoms with Gasteiger partial charge in [0.25, 0.3) is 0 Å². The smallest absolute Gasteiger partial charge is 0.342 e. The lowest BCUT2D eigenvalue weighted by Crippen LogP contribution is -2.40. The van der Waals surface area contributed by atoms with Crippen LogP contribution in [0.25, 0.3) is 5.69 Å². The van der Waals surface area contributed by atoms with Gasteiger partial charge in [0.1, 0.15) is 11.6 Å². The highest BCUT2D eigenvalue weighted by molar-refractivity contribution is 5.78. The van der Waals surface area contributed by atoms with E-state index in [1.54, 1.807) is 18.2 Å². The monoisotopic (exact) mass is 394 g/mol. The molecule has 0 aliphatic carbocycles. The normalized spacial score (nSPS) is 14.9. The van der Waals surface area contributed by atoms with Crippen molar-refractivity contribution >= 4 is 5.91 Å². The van der Waals surface area contributed by atoms with Crippen molar-refractivity contribution in [3.05, 3.63) is 82.3 Å². The first-order valence-electron chi connectivity index (χ1n) is 9.84. The molecule has 1 fully saturated rings. The second kappa shape index (κ2) is 8.43. The van der Waals surface area contributed by atoms with Crippen molar-refractivity contribution < 1.29 is 9.18 Å². The summed E-state index contributed by atoms with van der Waals surface area (Å²) < 4.78 is 15.5. The number of nitrogens with zero attached hydrogens (tertiary/aromatic N) is 3. The Morgan fingerprint density at radius 2 is 1.76 bits per heavy atom. The number of carbonyl (C=O) groups excluding carboxylic acids is 1. The van der Waals surface area contributed by atoms with E-state index in [4.69, 9.17) is 0 Å². The van der Waals surface area contributed by atoms with Crippen LogP contribution in [0, 0.1) is 11.7 Å². The maximum atomic E-state index is 14.2. The molecule has 4 rings (SSSR count). The molecule has 7 heteroatoms. The van der Waals surface area contributed by atoms with E-state index in [1.807, 2.05) is 35.2 Å². The summed E-state index contributed by atoms with van der Waals surface area (Å²) in [5, 5.41) is 6.55. The van der Waals surface area contributed by atoms with E-state index in [2.05, 4.69) is 10.2 Å². The molecule has 0 spiro atoms. The van der Waals surface area contributed by atoms with Crippen molar-refractivity contribution in [3.63, 3.8) is 0 Å². The molecule has 0 saturated carbocycles. The van der Waals surface area contributed by atoms with Gasteiger partial charge in [-0.05, 0) is 36.5 Å². The maximum Gasteiger partial charge on any atom is 0.348 e. The van der Waals surface area contributed by atoms with Crippen molar-refractivity contribution in [2.75, 3.05) is 13.1 Å². The lowest BCUT2D eigenvalue weighted by atomic mass is 9.93. The minimum Gasteiger partial charge on any atom is -0.342 e. The van der Waals surface area contributed by atoms with E-state index in [-0.39, 0.29) is 17.5 Å². The number of halogens is 1. The molecule has 0 radical (unpaired) electrons. The Morgan fingerprint density at radius 1 is 1.07 bits per heavy atom. The van der Waals surface area contributed by atoms with Crippen LogP contribution in [0.3, 0.4) is 0 Å². The Hall–Kier alpha value is -3.22. The zero-order chi connectivity index (χ0) is 20.2. The van der Waals surface area contributed by atoms with Gasteiger partial charge in [-0.2, -0.15) is 5.10 Å². The molecule has 1 saturated heterocycles. The summed E-state index contributed by atoms with van der Waals surface area (Å²) in [7, 11) is 0. The highest BCUT2D eigenvalue weighted by atomic mass is 19.1. The van der Waals surface area contributed by atoms with Crippen molar-refractivity contribution in [1.82, 2.24) is 19.7 Å². The molecule has 1 aliphatic rings. The third-order valence-corrected chi connectivity index (χ3v) is 5.47. The summed E-state index contributed by atoms with van der Waals surface area (Å²) in [5.74, 6) is 0.488. The van der Waals surface area contributed by atoms with E-state index in [9.17, 15) is 14.0 Å². The predicted octanol–water partition coefficient (Wildman–Crippen LogP) is 2.72. The Kier molecular flexibility index (Phi) is 5.55. The van der Waals surface area contributed by atoms with E-state index in [1.165, 1.54) is 10.6 Å². The Morgan fingerprint density at radius 3 is 2.48 bits per heavy atom. The average Bonchev–Trinajstić information content (AvgIpc) is 3.09. The zero-order valence-electron chi connectivity index (χ0n) is 16.1. The molecule has 2 heterocycles. The van der Waals surface area contributed by atoms with E-state index >= 15 is 0 Å². The Labute approximate surface area is 168 Å². The minimum absolute atomic E-state index is 0.137. The standard InChI is InChI=1S/C22H23FN4O2/c23-18-8-4-5-9-19(18)27-20(24-25-22(27)29)14-17-10-12-26(13-11-17)21(28)15-16-6-2-1-3-7-16/h1-9,17H,10-15H2,(H,25,29). The summed E-state index contributed by atoms with van der Waals surface area (Å²) in [4.78, 5) is 26.6. The van der Waals surface area contributed by atoms with Crippen LogP contribution >= 0.6 is 0 Å². The van der Waals surface area contributed by atoms with Crippen LogP contribution in [0.4, 0.5) is 4.39 Å². The van der Waals surface area contributed by atoms with Crippen LogP contribution in [0.1, 0.15) is 24.2 Å². The third kappa shape index (κ3) is 4.29. The quantitative estimate of drug-likeness (QED) is 0.723. The number of hydrogen-bond donors (Lipinski definition) is 1. The number of para-hydroxylation sites is 1. The number of piperidine rings is 1. The summed E-state index contributed by atoms with van der Waals surface area (Å²) >= 11 is 0. The molecule has 6 nitrogen and oxygen atoms in total. The number of hydrogen-bond acceptors (Lipinski definition) is 3. The summed E-state index contributed by atoms with van der Waals surface area (Å²) in [6.07, 6.45) is 2.64. The van der Waals surface area contributed by atoms with E-state index < -0.39 is 11.5 Å². The topological polar surface area (TPSA) is 71.0 Å². The molecule has 2 aromatic carbocycles. The highest BCUT2D eigenvalue weighted by Gasteiger charge is 2.25. The lowest BCUT2D eigenvalue weighted by Gasteiger charge is -2.32. The van der Waals surface area contributed by atoms with Gasteiger partial charge in [-0.15, -0.1) is 0 Å². The molecule has 0 unspecified atom stereocenters. The van der Waals surface area contributed by atoms with Crippen molar-refractivity contribution in [3.8, 4) is 5.69 Å². The molecule has 1 amide bonds. The Balaban J connectivity index is 1.39. The Bertz CT molecular complexity index is 1040. The van der Waals surface area contributed by atoms with Gasteiger partial charge < -0.3 is 4.90 Å². The van der Waals surface area contributed by atoms with Crippen LogP contribution in [0.2, 0.25) is 0 Å². The molecule has 0 bridgehead atoms. The molecular formula is C22H23FN4O2. The fraction of sp³-hybridized carbons (Fsp3) is 0.318. The molecular weight excluding hydrogens is 371 g/mol. The first-order valence-corrected chi connectivity index (χ1v) is 9.84. The highest BCUT2D eigenvalue weighted by Crippen LogP contribution is 2.22. The third-order valence-electron chi connectivity index (χ3n) is 5.47. The number of aromatic nitrogens is 3. The molecule has 150 valence electrons. The molecule has 1 aliphatic heterocycles. The summed E-state index contributed by atoms with van der Waals surface area (Å²) in [6, 6.07) is 15.9. The van der Waals surface area contributed by atoms with Gasteiger partial charge in [-0.3, -0.25) is 4.79 Å². The fourth-order valence-electron chi connectivity index (χ4n) is 3.87. The molecule has 0 atom stereocenters. The second-order valence-electron chi connectivity index (χ2n) is 7.42. The van der Waals surface area contributed by atoms with E-state index in [0.717, 1.165) is 18.4 Å². The second-order valence-corrected chi connectivity index (χ2v) is 7.42. The molecule has 1 aromatic heterocycles. The van der Waals surface area contributed by atoms with Gasteiger partial charge >= 0.3 is 5.69 Å². The van der Waals surface area contributed by atoms with Crippen LogP contribution < -0.4 is 5.69 Å². The summed E-state index contributed by atoms with van der Waals surface area (Å²) in [5.41, 5.74) is 0.780. The first-order chi connectivity index (χ1) is 14.1. The number of rotatable bonds is 5. The largest absolute Gasteiger partial charge is 0.348 e. The van der Waals surface area contributed by atoms with Gasteiger partial charge in [0.05, 0.1) is 12.1 Å². The van der Waals surface area contributed by atoms with Crippen LogP contribution in [-0.4, -0.2) is 38.7 Å². The number of amides is 1.